The van der Waals surface area contributed by atoms with E-state index < -0.39 is 0 Å². The largest absolute Gasteiger partial charge is 0.365 e. The van der Waals surface area contributed by atoms with Crippen molar-refractivity contribution in [1.82, 2.24) is 4.98 Å². The Morgan fingerprint density at radius 1 is 1.28 bits per heavy atom. The van der Waals surface area contributed by atoms with Crippen molar-refractivity contribution in [2.75, 3.05) is 11.9 Å². The van der Waals surface area contributed by atoms with Crippen molar-refractivity contribution >= 4 is 11.4 Å². The molecule has 0 fully saturated rings. The predicted molar refractivity (Wildman–Crippen MR) is 69.4 cm³/mol. The number of nitro groups is 1. The summed E-state index contributed by atoms with van der Waals surface area (Å²) < 4.78 is 0. The van der Waals surface area contributed by atoms with Crippen LogP contribution in [-0.4, -0.2) is 17.0 Å². The fourth-order valence-electron chi connectivity index (χ4n) is 1.79. The maximum atomic E-state index is 10.9. The number of pyridine rings is 1. The smallest absolute Gasteiger partial charge is 0.292 e. The molecule has 0 radical (unpaired) electrons. The van der Waals surface area contributed by atoms with Crippen LogP contribution >= 0.6 is 0 Å². The monoisotopic (exact) mass is 243 g/mol. The van der Waals surface area contributed by atoms with E-state index in [-0.39, 0.29) is 10.6 Å². The van der Waals surface area contributed by atoms with Gasteiger partial charge in [-0.2, -0.15) is 0 Å². The highest BCUT2D eigenvalue weighted by atomic mass is 16.6. The van der Waals surface area contributed by atoms with Crippen molar-refractivity contribution in [3.8, 4) is 0 Å². The van der Waals surface area contributed by atoms with Gasteiger partial charge >= 0.3 is 0 Å². The predicted octanol–water partition coefficient (Wildman–Crippen LogP) is 2.63. The van der Waals surface area contributed by atoms with Gasteiger partial charge in [0.2, 0.25) is 0 Å². The summed E-state index contributed by atoms with van der Waals surface area (Å²) in [5.74, 6) is 0. The van der Waals surface area contributed by atoms with Crippen molar-refractivity contribution in [3.05, 3.63) is 64.5 Å². The number of benzene rings is 1. The normalized spacial score (nSPS) is 10.1. The van der Waals surface area contributed by atoms with Crippen LogP contribution in [0.5, 0.6) is 0 Å². The molecule has 0 aliphatic rings. The molecule has 1 heterocycles. The summed E-state index contributed by atoms with van der Waals surface area (Å²) in [7, 11) is 1.83. The first-order valence-corrected chi connectivity index (χ1v) is 5.52. The second-order valence-corrected chi connectivity index (χ2v) is 3.96. The highest BCUT2D eigenvalue weighted by Crippen LogP contribution is 2.27. The van der Waals surface area contributed by atoms with Crippen molar-refractivity contribution in [3.63, 3.8) is 0 Å². The Kier molecular flexibility index (Phi) is 3.52. The molecule has 0 atom stereocenters. The number of aromatic nitrogens is 1. The third kappa shape index (κ3) is 2.63. The average molecular weight is 243 g/mol. The first-order chi connectivity index (χ1) is 8.68. The van der Waals surface area contributed by atoms with Crippen LogP contribution < -0.4 is 4.90 Å². The summed E-state index contributed by atoms with van der Waals surface area (Å²) in [4.78, 5) is 16.4. The second-order valence-electron chi connectivity index (χ2n) is 3.96. The van der Waals surface area contributed by atoms with E-state index in [0.29, 0.717) is 12.2 Å². The van der Waals surface area contributed by atoms with Gasteiger partial charge in [0.15, 0.2) is 0 Å². The van der Waals surface area contributed by atoms with Crippen molar-refractivity contribution in [1.29, 1.82) is 0 Å². The Hall–Kier alpha value is -2.43. The molecule has 18 heavy (non-hydrogen) atoms. The summed E-state index contributed by atoms with van der Waals surface area (Å²) in [6.07, 6.45) is 3.46. The highest BCUT2D eigenvalue weighted by molar-refractivity contribution is 5.62. The van der Waals surface area contributed by atoms with E-state index in [1.807, 2.05) is 24.1 Å². The molecular weight excluding hydrogens is 230 g/mol. The quantitative estimate of drug-likeness (QED) is 0.611. The van der Waals surface area contributed by atoms with Crippen LogP contribution in [0.25, 0.3) is 0 Å². The molecular formula is C13H13N3O2. The van der Waals surface area contributed by atoms with Gasteiger partial charge in [0.05, 0.1) is 4.92 Å². The molecule has 0 unspecified atom stereocenters. The standard InChI is InChI=1S/C13H13N3O2/c1-15(10-11-5-4-8-14-9-11)12-6-2-3-7-13(12)16(17)18/h2-9H,10H2,1H3. The van der Waals surface area contributed by atoms with Crippen LogP contribution in [0.1, 0.15) is 5.56 Å². The fourth-order valence-corrected chi connectivity index (χ4v) is 1.79. The lowest BCUT2D eigenvalue weighted by atomic mass is 10.2. The number of para-hydroxylation sites is 2. The summed E-state index contributed by atoms with van der Waals surface area (Å²) in [6.45, 7) is 0.582. The van der Waals surface area contributed by atoms with Gasteiger partial charge in [0.1, 0.15) is 5.69 Å². The molecule has 0 N–H and O–H groups in total. The summed E-state index contributed by atoms with van der Waals surface area (Å²) in [5.41, 5.74) is 1.73. The Labute approximate surface area is 105 Å². The maximum absolute atomic E-state index is 10.9. The third-order valence-corrected chi connectivity index (χ3v) is 2.63. The molecule has 0 spiro atoms. The summed E-state index contributed by atoms with van der Waals surface area (Å²) >= 11 is 0. The van der Waals surface area contributed by atoms with Gasteiger partial charge in [-0.3, -0.25) is 15.1 Å². The molecule has 5 nitrogen and oxygen atoms in total. The zero-order valence-electron chi connectivity index (χ0n) is 9.98. The van der Waals surface area contributed by atoms with Crippen LogP contribution in [0.4, 0.5) is 11.4 Å². The topological polar surface area (TPSA) is 59.3 Å². The molecule has 92 valence electrons. The summed E-state index contributed by atoms with van der Waals surface area (Å²) in [5, 5.41) is 10.9. The van der Waals surface area contributed by atoms with Gasteiger partial charge in [-0.1, -0.05) is 18.2 Å². The zero-order valence-corrected chi connectivity index (χ0v) is 9.98. The number of rotatable bonds is 4. The number of hydrogen-bond acceptors (Lipinski definition) is 4. The highest BCUT2D eigenvalue weighted by Gasteiger charge is 2.15. The SMILES string of the molecule is CN(Cc1cccnc1)c1ccccc1[N+](=O)[O-]. The molecule has 0 aliphatic heterocycles. The van der Waals surface area contributed by atoms with E-state index in [2.05, 4.69) is 4.98 Å². The van der Waals surface area contributed by atoms with Gasteiger partial charge in [-0.25, -0.2) is 0 Å². The van der Waals surface area contributed by atoms with Crippen molar-refractivity contribution in [2.24, 2.45) is 0 Å². The molecule has 5 heteroatoms. The molecule has 1 aromatic heterocycles. The van der Waals surface area contributed by atoms with Gasteiger partial charge in [-0.05, 0) is 17.7 Å². The van der Waals surface area contributed by atoms with Gasteiger partial charge in [0.25, 0.3) is 5.69 Å². The lowest BCUT2D eigenvalue weighted by molar-refractivity contribution is -0.384. The third-order valence-electron chi connectivity index (χ3n) is 2.63. The Morgan fingerprint density at radius 3 is 2.72 bits per heavy atom. The Morgan fingerprint density at radius 2 is 2.06 bits per heavy atom. The van der Waals surface area contributed by atoms with Gasteiger partial charge in [0, 0.05) is 32.1 Å². The van der Waals surface area contributed by atoms with E-state index in [0.717, 1.165) is 5.56 Å². The minimum absolute atomic E-state index is 0.115. The Balaban J connectivity index is 2.24. The van der Waals surface area contributed by atoms with Crippen LogP contribution in [0, 0.1) is 10.1 Å². The molecule has 0 saturated heterocycles. The Bertz CT molecular complexity index is 543. The minimum Gasteiger partial charge on any atom is -0.365 e. The lowest BCUT2D eigenvalue weighted by Crippen LogP contribution is -2.17. The van der Waals surface area contributed by atoms with Crippen molar-refractivity contribution < 1.29 is 4.92 Å². The van der Waals surface area contributed by atoms with E-state index in [4.69, 9.17) is 0 Å². The average Bonchev–Trinajstić information content (AvgIpc) is 2.40. The molecule has 0 saturated carbocycles. The van der Waals surface area contributed by atoms with Crippen LogP contribution in [-0.2, 0) is 6.54 Å². The van der Waals surface area contributed by atoms with Crippen LogP contribution in [0.15, 0.2) is 48.8 Å². The molecule has 2 aromatic rings. The molecule has 0 bridgehead atoms. The minimum atomic E-state index is -0.366. The van der Waals surface area contributed by atoms with Crippen LogP contribution in [0.2, 0.25) is 0 Å². The van der Waals surface area contributed by atoms with E-state index in [1.165, 1.54) is 6.07 Å². The lowest BCUT2D eigenvalue weighted by Gasteiger charge is -2.18. The van der Waals surface area contributed by atoms with Gasteiger partial charge < -0.3 is 4.90 Å². The number of nitro benzene ring substituents is 1. The number of nitrogens with zero attached hydrogens (tertiary/aromatic N) is 3. The summed E-state index contributed by atoms with van der Waals surface area (Å²) in [6, 6.07) is 10.5. The van der Waals surface area contributed by atoms with Crippen molar-refractivity contribution in [2.45, 2.75) is 6.54 Å². The first kappa shape index (κ1) is 12.0. The van der Waals surface area contributed by atoms with Gasteiger partial charge in [-0.15, -0.1) is 0 Å². The van der Waals surface area contributed by atoms with E-state index in [9.17, 15) is 10.1 Å². The molecule has 1 aromatic carbocycles. The van der Waals surface area contributed by atoms with E-state index >= 15 is 0 Å². The molecule has 2 rings (SSSR count). The fraction of sp³-hybridized carbons (Fsp3) is 0.154. The maximum Gasteiger partial charge on any atom is 0.292 e. The molecule has 0 amide bonds. The van der Waals surface area contributed by atoms with E-state index in [1.54, 1.807) is 30.6 Å². The second kappa shape index (κ2) is 5.27. The van der Waals surface area contributed by atoms with Crippen LogP contribution in [0.3, 0.4) is 0 Å². The molecule has 0 aliphatic carbocycles. The zero-order chi connectivity index (χ0) is 13.0. The number of anilines is 1. The first-order valence-electron chi connectivity index (χ1n) is 5.52. The number of hydrogen-bond donors (Lipinski definition) is 0.